The second-order valence-electron chi connectivity index (χ2n) is 8.36. The molecule has 0 bridgehead atoms. The topological polar surface area (TPSA) is 103 Å². The molecule has 35 heavy (non-hydrogen) atoms. The van der Waals surface area contributed by atoms with Crippen LogP contribution in [0.3, 0.4) is 0 Å². The highest BCUT2D eigenvalue weighted by molar-refractivity contribution is 5.65. The van der Waals surface area contributed by atoms with Gasteiger partial charge in [0, 0.05) is 25.1 Å². The van der Waals surface area contributed by atoms with E-state index in [1.807, 2.05) is 35.0 Å². The van der Waals surface area contributed by atoms with Crippen LogP contribution >= 0.6 is 0 Å². The van der Waals surface area contributed by atoms with Gasteiger partial charge in [0.2, 0.25) is 0 Å². The Morgan fingerprint density at radius 3 is 2.40 bits per heavy atom. The van der Waals surface area contributed by atoms with Gasteiger partial charge in [0.1, 0.15) is 17.7 Å². The first-order chi connectivity index (χ1) is 17.1. The second-order valence-corrected chi connectivity index (χ2v) is 8.36. The van der Waals surface area contributed by atoms with Crippen LogP contribution in [0.5, 0.6) is 5.75 Å². The van der Waals surface area contributed by atoms with Gasteiger partial charge in [-0.1, -0.05) is 36.1 Å². The van der Waals surface area contributed by atoms with E-state index < -0.39 is 6.10 Å². The molecular formula is C28H32N4O3. The fourth-order valence-electron chi connectivity index (χ4n) is 3.98. The molecule has 3 aromatic rings. The minimum Gasteiger partial charge on any atom is -0.490 e. The predicted octanol–water partition coefficient (Wildman–Crippen LogP) is 3.53. The summed E-state index contributed by atoms with van der Waals surface area (Å²) in [5, 5.41) is 28.4. The predicted molar refractivity (Wildman–Crippen MR) is 135 cm³/mol. The maximum Gasteiger partial charge on any atom is 0.138 e. The number of aliphatic hydroxyl groups excluding tert-OH is 2. The number of hydrogen-bond acceptors (Lipinski definition) is 6. The van der Waals surface area contributed by atoms with E-state index in [0.717, 1.165) is 48.9 Å². The molecule has 1 aromatic heterocycles. The molecule has 0 saturated heterocycles. The van der Waals surface area contributed by atoms with Crippen LogP contribution in [0.15, 0.2) is 60.9 Å². The highest BCUT2D eigenvalue weighted by Gasteiger charge is 2.30. The van der Waals surface area contributed by atoms with Gasteiger partial charge in [-0.25, -0.2) is 4.98 Å². The minimum absolute atomic E-state index is 0.265. The van der Waals surface area contributed by atoms with Crippen molar-refractivity contribution in [2.45, 2.75) is 38.5 Å². The molecule has 4 rings (SSSR count). The molecule has 7 heteroatoms. The van der Waals surface area contributed by atoms with E-state index in [2.05, 4.69) is 52.5 Å². The van der Waals surface area contributed by atoms with Crippen molar-refractivity contribution in [3.05, 3.63) is 72.3 Å². The number of rotatable bonds is 8. The van der Waals surface area contributed by atoms with Crippen molar-refractivity contribution < 1.29 is 14.9 Å². The molecule has 0 radical (unpaired) electrons. The average Bonchev–Trinajstić information content (AvgIpc) is 3.34. The van der Waals surface area contributed by atoms with Gasteiger partial charge in [0.15, 0.2) is 0 Å². The standard InChI is InChI=1S/C27H28N4O2.CH4O/c1-20(32)27-30-14-16-31(27)15-2-3-21-4-6-23(7-5-21)24-8-10-25(11-9-24)33-26-17-22(18-26)19-29-13-12-28;1-2/h4-11,14,16,20,22,26,29,32H,13,15,17-19H2,1H3;2H,1H3. The molecular weight excluding hydrogens is 440 g/mol. The normalized spacial score (nSPS) is 17.0. The molecule has 0 spiro atoms. The summed E-state index contributed by atoms with van der Waals surface area (Å²) in [7, 11) is 1.00. The Balaban J connectivity index is 0.00000167. The van der Waals surface area contributed by atoms with Gasteiger partial charge in [-0.05, 0) is 67.6 Å². The molecule has 1 saturated carbocycles. The number of ether oxygens (including phenoxy) is 1. The van der Waals surface area contributed by atoms with Crippen LogP contribution in [0.4, 0.5) is 0 Å². The summed E-state index contributed by atoms with van der Waals surface area (Å²) in [4.78, 5) is 4.16. The van der Waals surface area contributed by atoms with Crippen molar-refractivity contribution in [3.63, 3.8) is 0 Å². The Labute approximate surface area is 207 Å². The van der Waals surface area contributed by atoms with Gasteiger partial charge < -0.3 is 24.8 Å². The molecule has 1 fully saturated rings. The van der Waals surface area contributed by atoms with Crippen molar-refractivity contribution in [3.8, 4) is 34.8 Å². The molecule has 3 N–H and O–H groups in total. The number of nitrogens with zero attached hydrogens (tertiary/aromatic N) is 3. The Bertz CT molecular complexity index is 1150. The third-order valence-corrected chi connectivity index (χ3v) is 5.81. The fourth-order valence-corrected chi connectivity index (χ4v) is 3.98. The van der Waals surface area contributed by atoms with Gasteiger partial charge in [-0.15, -0.1) is 0 Å². The third-order valence-electron chi connectivity index (χ3n) is 5.81. The lowest BCUT2D eigenvalue weighted by molar-refractivity contribution is 0.0653. The maximum atomic E-state index is 9.72. The molecule has 0 aliphatic heterocycles. The summed E-state index contributed by atoms with van der Waals surface area (Å²) in [5.41, 5.74) is 3.21. The Morgan fingerprint density at radius 1 is 1.11 bits per heavy atom. The minimum atomic E-state index is -0.610. The van der Waals surface area contributed by atoms with Crippen molar-refractivity contribution in [1.82, 2.24) is 14.9 Å². The zero-order valence-electron chi connectivity index (χ0n) is 20.2. The fraction of sp³-hybridized carbons (Fsp3) is 0.357. The van der Waals surface area contributed by atoms with Crippen molar-refractivity contribution in [1.29, 1.82) is 5.26 Å². The second kappa shape index (κ2) is 13.3. The highest BCUT2D eigenvalue weighted by Crippen LogP contribution is 2.31. The summed E-state index contributed by atoms with van der Waals surface area (Å²) in [6.45, 7) is 3.48. The lowest BCUT2D eigenvalue weighted by Gasteiger charge is -2.35. The van der Waals surface area contributed by atoms with Crippen LogP contribution in [0.2, 0.25) is 0 Å². The first kappa shape index (κ1) is 26.0. The highest BCUT2D eigenvalue weighted by atomic mass is 16.5. The number of imidazole rings is 1. The number of nitrogens with one attached hydrogen (secondary N) is 1. The van der Waals surface area contributed by atoms with Crippen LogP contribution in [0.25, 0.3) is 11.1 Å². The summed E-state index contributed by atoms with van der Waals surface area (Å²) >= 11 is 0. The van der Waals surface area contributed by atoms with Gasteiger partial charge in [-0.2, -0.15) is 5.26 Å². The molecule has 182 valence electrons. The number of hydrogen-bond donors (Lipinski definition) is 3. The quantitative estimate of drug-likeness (QED) is 0.263. The monoisotopic (exact) mass is 472 g/mol. The lowest BCUT2D eigenvalue weighted by Crippen LogP contribution is -2.39. The van der Waals surface area contributed by atoms with E-state index in [0.29, 0.717) is 24.8 Å². The van der Waals surface area contributed by atoms with E-state index in [-0.39, 0.29) is 6.10 Å². The van der Waals surface area contributed by atoms with Crippen LogP contribution in [0, 0.1) is 29.1 Å². The molecule has 1 unspecified atom stereocenters. The number of aliphatic hydroxyl groups is 2. The largest absolute Gasteiger partial charge is 0.490 e. The Morgan fingerprint density at radius 2 is 1.77 bits per heavy atom. The van der Waals surface area contributed by atoms with Crippen LogP contribution in [-0.2, 0) is 6.54 Å². The van der Waals surface area contributed by atoms with Crippen LogP contribution < -0.4 is 10.1 Å². The number of aromatic nitrogens is 2. The summed E-state index contributed by atoms with van der Waals surface area (Å²) in [6.07, 6.45) is 5.22. The SMILES string of the molecule is CC(O)c1nccn1CC#Cc1ccc(-c2ccc(OC3CC(CNCC#N)C3)cc2)cc1.CO. The van der Waals surface area contributed by atoms with Gasteiger partial charge in [0.25, 0.3) is 0 Å². The lowest BCUT2D eigenvalue weighted by atomic mass is 9.82. The van der Waals surface area contributed by atoms with E-state index in [9.17, 15) is 5.11 Å². The van der Waals surface area contributed by atoms with Crippen molar-refractivity contribution >= 4 is 0 Å². The Kier molecular flexibility index (Phi) is 9.89. The molecule has 1 atom stereocenters. The molecule has 0 amide bonds. The Hall–Kier alpha value is -3.62. The van der Waals surface area contributed by atoms with E-state index >= 15 is 0 Å². The molecule has 1 aliphatic carbocycles. The zero-order chi connectivity index (χ0) is 25.0. The maximum absolute atomic E-state index is 9.72. The summed E-state index contributed by atoms with van der Waals surface area (Å²) in [5.74, 6) is 8.43. The first-order valence-corrected chi connectivity index (χ1v) is 11.7. The third kappa shape index (κ3) is 7.43. The average molecular weight is 473 g/mol. The van der Waals surface area contributed by atoms with E-state index in [4.69, 9.17) is 15.1 Å². The van der Waals surface area contributed by atoms with E-state index in [1.165, 1.54) is 0 Å². The molecule has 1 aliphatic rings. The smallest absolute Gasteiger partial charge is 0.138 e. The molecule has 1 heterocycles. The molecule has 7 nitrogen and oxygen atoms in total. The molecule has 2 aromatic carbocycles. The number of benzene rings is 2. The first-order valence-electron chi connectivity index (χ1n) is 11.7. The summed E-state index contributed by atoms with van der Waals surface area (Å²) < 4.78 is 7.91. The van der Waals surface area contributed by atoms with Crippen LogP contribution in [0.1, 0.15) is 37.3 Å². The van der Waals surface area contributed by atoms with Crippen molar-refractivity contribution in [2.75, 3.05) is 20.2 Å². The zero-order valence-corrected chi connectivity index (χ0v) is 20.2. The van der Waals surface area contributed by atoms with Crippen molar-refractivity contribution in [2.24, 2.45) is 5.92 Å². The van der Waals surface area contributed by atoms with Gasteiger partial charge in [-0.3, -0.25) is 0 Å². The van der Waals surface area contributed by atoms with Gasteiger partial charge in [0.05, 0.1) is 25.3 Å². The van der Waals surface area contributed by atoms with E-state index in [1.54, 1.807) is 13.1 Å². The number of nitriles is 1. The van der Waals surface area contributed by atoms with Gasteiger partial charge >= 0.3 is 0 Å². The van der Waals surface area contributed by atoms with Crippen LogP contribution in [-0.4, -0.2) is 46.1 Å². The summed E-state index contributed by atoms with van der Waals surface area (Å²) in [6, 6.07) is 18.5.